The molecule has 0 bridgehead atoms. The minimum Gasteiger partial charge on any atom is -0.772 e. The van der Waals surface area contributed by atoms with E-state index in [0.717, 1.165) is 11.3 Å². The van der Waals surface area contributed by atoms with E-state index in [2.05, 4.69) is 10.3 Å². The van der Waals surface area contributed by atoms with Crippen LogP contribution in [0.2, 0.25) is 0 Å². The summed E-state index contributed by atoms with van der Waals surface area (Å²) in [5.74, 6) is -0.817. The molecule has 0 saturated heterocycles. The van der Waals surface area contributed by atoms with Gasteiger partial charge in [-0.15, -0.1) is 11.3 Å². The Balaban J connectivity index is 2.09. The standard InChI is InChI=1S/C11H10N2O4S2/c14-9-4-2-1-3-8(9)10(15)13-11-12-7(5-18-11)6-19(16)17/h1-5,14H,6H2,(H,16,17)(H,12,13,15)/p-1. The highest BCUT2D eigenvalue weighted by Gasteiger charge is 2.12. The van der Waals surface area contributed by atoms with Gasteiger partial charge in [0.05, 0.1) is 17.0 Å². The lowest BCUT2D eigenvalue weighted by molar-refractivity contribution is 0.102. The van der Waals surface area contributed by atoms with Gasteiger partial charge < -0.3 is 9.66 Å². The van der Waals surface area contributed by atoms with Gasteiger partial charge in [-0.2, -0.15) is 0 Å². The van der Waals surface area contributed by atoms with Crippen LogP contribution >= 0.6 is 11.3 Å². The third-order valence-corrected chi connectivity index (χ3v) is 3.52. The van der Waals surface area contributed by atoms with E-state index in [9.17, 15) is 18.7 Å². The van der Waals surface area contributed by atoms with Crippen LogP contribution in [0.15, 0.2) is 29.6 Å². The summed E-state index contributed by atoms with van der Waals surface area (Å²) in [7, 11) is 0. The Kier molecular flexibility index (Phi) is 4.25. The topological polar surface area (TPSA) is 102 Å². The normalized spacial score (nSPS) is 12.1. The summed E-state index contributed by atoms with van der Waals surface area (Å²) < 4.78 is 21.0. The van der Waals surface area contributed by atoms with Gasteiger partial charge in [-0.3, -0.25) is 14.3 Å². The highest BCUT2D eigenvalue weighted by Crippen LogP contribution is 2.20. The first-order chi connectivity index (χ1) is 9.06. The average molecular weight is 297 g/mol. The van der Waals surface area contributed by atoms with Crippen LogP contribution in [0.4, 0.5) is 5.13 Å². The number of nitrogens with one attached hydrogen (secondary N) is 1. The second-order valence-electron chi connectivity index (χ2n) is 3.56. The Morgan fingerprint density at radius 2 is 2.21 bits per heavy atom. The van der Waals surface area contributed by atoms with Gasteiger partial charge >= 0.3 is 0 Å². The molecule has 100 valence electrons. The largest absolute Gasteiger partial charge is 0.772 e. The predicted octanol–water partition coefficient (Wildman–Crippen LogP) is 1.48. The molecule has 1 aromatic carbocycles. The van der Waals surface area contributed by atoms with Gasteiger partial charge in [-0.25, -0.2) is 4.98 Å². The lowest BCUT2D eigenvalue weighted by Crippen LogP contribution is -2.11. The van der Waals surface area contributed by atoms with Crippen molar-refractivity contribution >= 4 is 33.5 Å². The average Bonchev–Trinajstić information content (AvgIpc) is 2.76. The number of phenolic OH excluding ortho intramolecular Hbond substituents is 1. The molecular formula is C11H9N2O4S2-. The maximum Gasteiger partial charge on any atom is 0.261 e. The number of para-hydroxylation sites is 1. The number of carbonyl (C=O) groups excluding carboxylic acids is 1. The zero-order valence-electron chi connectivity index (χ0n) is 9.53. The van der Waals surface area contributed by atoms with Gasteiger partial charge in [0.2, 0.25) is 0 Å². The number of benzene rings is 1. The molecule has 1 unspecified atom stereocenters. The van der Waals surface area contributed by atoms with Crippen LogP contribution in [0.25, 0.3) is 0 Å². The fourth-order valence-electron chi connectivity index (χ4n) is 1.38. The molecule has 2 N–H and O–H groups in total. The van der Waals surface area contributed by atoms with Crippen molar-refractivity contribution in [2.45, 2.75) is 5.75 Å². The van der Waals surface area contributed by atoms with Gasteiger partial charge in [-0.05, 0) is 23.2 Å². The number of nitrogens with zero attached hydrogens (tertiary/aromatic N) is 1. The van der Waals surface area contributed by atoms with Crippen molar-refractivity contribution in [3.05, 3.63) is 40.9 Å². The van der Waals surface area contributed by atoms with Crippen LogP contribution in [-0.2, 0) is 16.8 Å². The van der Waals surface area contributed by atoms with Crippen molar-refractivity contribution in [3.8, 4) is 5.75 Å². The third kappa shape index (κ3) is 3.60. The summed E-state index contributed by atoms with van der Waals surface area (Å²) in [5, 5.41) is 13.9. The lowest BCUT2D eigenvalue weighted by atomic mass is 10.2. The molecule has 1 heterocycles. The van der Waals surface area contributed by atoms with Crippen molar-refractivity contribution < 1.29 is 18.7 Å². The van der Waals surface area contributed by atoms with Crippen molar-refractivity contribution in [2.24, 2.45) is 0 Å². The Labute approximate surface area is 115 Å². The van der Waals surface area contributed by atoms with Crippen LogP contribution in [0, 0.1) is 0 Å². The van der Waals surface area contributed by atoms with Crippen molar-refractivity contribution in [2.75, 3.05) is 5.32 Å². The van der Waals surface area contributed by atoms with Crippen LogP contribution in [0.3, 0.4) is 0 Å². The third-order valence-electron chi connectivity index (χ3n) is 2.19. The van der Waals surface area contributed by atoms with Gasteiger partial charge in [0.25, 0.3) is 5.91 Å². The lowest BCUT2D eigenvalue weighted by Gasteiger charge is -2.03. The highest BCUT2D eigenvalue weighted by molar-refractivity contribution is 7.78. The quantitative estimate of drug-likeness (QED) is 0.832. The van der Waals surface area contributed by atoms with Crippen molar-refractivity contribution in [3.63, 3.8) is 0 Å². The molecule has 2 aromatic rings. The number of hydrogen-bond donors (Lipinski definition) is 2. The van der Waals surface area contributed by atoms with E-state index < -0.39 is 17.0 Å². The summed E-state index contributed by atoms with van der Waals surface area (Å²) in [6.07, 6.45) is 0. The number of rotatable bonds is 4. The molecule has 0 fully saturated rings. The second kappa shape index (κ2) is 5.91. The summed E-state index contributed by atoms with van der Waals surface area (Å²) in [4.78, 5) is 15.8. The van der Waals surface area contributed by atoms with E-state index in [-0.39, 0.29) is 22.2 Å². The number of aromatic hydroxyl groups is 1. The Bertz CT molecular complexity index is 627. The number of carbonyl (C=O) groups is 1. The number of hydrogen-bond acceptors (Lipinski definition) is 6. The van der Waals surface area contributed by atoms with E-state index in [0.29, 0.717) is 5.69 Å². The number of amides is 1. The number of thiazole rings is 1. The van der Waals surface area contributed by atoms with E-state index >= 15 is 0 Å². The number of anilines is 1. The summed E-state index contributed by atoms with van der Waals surface area (Å²) >= 11 is -1.09. The first-order valence-electron chi connectivity index (χ1n) is 5.16. The fraction of sp³-hybridized carbons (Fsp3) is 0.0909. The van der Waals surface area contributed by atoms with Gasteiger partial charge in [-0.1, -0.05) is 12.1 Å². The molecule has 2 rings (SSSR count). The Hall–Kier alpha value is -1.77. The first-order valence-corrected chi connectivity index (χ1v) is 7.28. The minimum absolute atomic E-state index is 0.127. The van der Waals surface area contributed by atoms with E-state index in [1.807, 2.05) is 0 Å². The molecule has 0 radical (unpaired) electrons. The van der Waals surface area contributed by atoms with Crippen LogP contribution in [0.5, 0.6) is 5.75 Å². The second-order valence-corrected chi connectivity index (χ2v) is 5.32. The molecule has 0 aliphatic rings. The molecule has 0 aliphatic carbocycles. The Morgan fingerprint density at radius 1 is 1.47 bits per heavy atom. The molecule has 0 saturated carbocycles. The zero-order valence-corrected chi connectivity index (χ0v) is 11.2. The molecule has 0 aliphatic heterocycles. The van der Waals surface area contributed by atoms with E-state index in [1.54, 1.807) is 17.5 Å². The zero-order chi connectivity index (χ0) is 13.8. The van der Waals surface area contributed by atoms with Gasteiger partial charge in [0.1, 0.15) is 5.75 Å². The first kappa shape index (κ1) is 13.7. The maximum atomic E-state index is 11.8. The van der Waals surface area contributed by atoms with E-state index in [4.69, 9.17) is 0 Å². The molecule has 1 atom stereocenters. The molecule has 1 aromatic heterocycles. The molecular weight excluding hydrogens is 288 g/mol. The smallest absolute Gasteiger partial charge is 0.261 e. The number of aromatic nitrogens is 1. The Morgan fingerprint density at radius 3 is 2.89 bits per heavy atom. The van der Waals surface area contributed by atoms with Crippen LogP contribution < -0.4 is 5.32 Å². The van der Waals surface area contributed by atoms with Gasteiger partial charge in [0, 0.05) is 5.38 Å². The molecule has 0 spiro atoms. The van der Waals surface area contributed by atoms with Gasteiger partial charge in [0.15, 0.2) is 5.13 Å². The maximum absolute atomic E-state index is 11.8. The van der Waals surface area contributed by atoms with Crippen molar-refractivity contribution in [1.29, 1.82) is 0 Å². The van der Waals surface area contributed by atoms with E-state index in [1.165, 1.54) is 12.1 Å². The summed E-state index contributed by atoms with van der Waals surface area (Å²) in [6.45, 7) is 0. The highest BCUT2D eigenvalue weighted by atomic mass is 32.2. The van der Waals surface area contributed by atoms with Crippen molar-refractivity contribution in [1.82, 2.24) is 4.98 Å². The van der Waals surface area contributed by atoms with Crippen LogP contribution in [-0.4, -0.2) is 24.8 Å². The molecule has 6 nitrogen and oxygen atoms in total. The molecule has 8 heteroatoms. The SMILES string of the molecule is O=C(Nc1nc(CS(=O)[O-])cs1)c1ccccc1O. The summed E-state index contributed by atoms with van der Waals surface area (Å²) in [6, 6.07) is 6.12. The molecule has 19 heavy (non-hydrogen) atoms. The monoisotopic (exact) mass is 297 g/mol. The fourth-order valence-corrected chi connectivity index (χ4v) is 2.58. The molecule has 1 amide bonds. The number of phenols is 1. The minimum atomic E-state index is -2.21. The summed E-state index contributed by atoms with van der Waals surface area (Å²) in [5.41, 5.74) is 0.498. The predicted molar refractivity (Wildman–Crippen MR) is 70.8 cm³/mol. The van der Waals surface area contributed by atoms with Crippen LogP contribution in [0.1, 0.15) is 16.1 Å².